The Hall–Kier alpha value is -2.96. The van der Waals surface area contributed by atoms with Crippen molar-refractivity contribution in [3.05, 3.63) is 59.7 Å². The molecule has 7 heteroatoms. The van der Waals surface area contributed by atoms with Crippen molar-refractivity contribution in [2.45, 2.75) is 19.8 Å². The molecule has 2 rings (SSSR count). The van der Waals surface area contributed by atoms with Crippen LogP contribution in [-0.4, -0.2) is 36.9 Å². The number of carbonyl (C=O) groups is 2. The van der Waals surface area contributed by atoms with Crippen LogP contribution in [0.15, 0.2) is 42.5 Å². The monoisotopic (exact) mass is 376 g/mol. The second-order valence-corrected chi connectivity index (χ2v) is 5.99. The molecule has 27 heavy (non-hydrogen) atoms. The number of methoxy groups -OCH3 is 1. The van der Waals surface area contributed by atoms with Gasteiger partial charge in [-0.05, 0) is 30.2 Å². The first-order valence-corrected chi connectivity index (χ1v) is 8.53. The molecule has 2 aromatic rings. The summed E-state index contributed by atoms with van der Waals surface area (Å²) >= 11 is 0. The summed E-state index contributed by atoms with van der Waals surface area (Å²) < 4.78 is 31.8. The van der Waals surface area contributed by atoms with E-state index in [1.807, 2.05) is 24.3 Å². The molecule has 0 fully saturated rings. The summed E-state index contributed by atoms with van der Waals surface area (Å²) in [6.45, 7) is 2.05. The fourth-order valence-electron chi connectivity index (χ4n) is 2.63. The second-order valence-electron chi connectivity index (χ2n) is 5.99. The third-order valence-corrected chi connectivity index (χ3v) is 4.10. The van der Waals surface area contributed by atoms with Gasteiger partial charge in [-0.3, -0.25) is 9.59 Å². The number of nitrogens with zero attached hydrogens (tertiary/aromatic N) is 1. The van der Waals surface area contributed by atoms with Gasteiger partial charge in [0.2, 0.25) is 11.8 Å². The van der Waals surface area contributed by atoms with Gasteiger partial charge in [0.1, 0.15) is 17.4 Å². The quantitative estimate of drug-likeness (QED) is 0.768. The Balaban J connectivity index is 1.90. The molecule has 2 amide bonds. The van der Waals surface area contributed by atoms with Crippen molar-refractivity contribution in [2.75, 3.05) is 25.5 Å². The van der Waals surface area contributed by atoms with E-state index in [0.717, 1.165) is 23.4 Å². The van der Waals surface area contributed by atoms with E-state index in [2.05, 4.69) is 5.32 Å². The second kappa shape index (κ2) is 9.66. The lowest BCUT2D eigenvalue weighted by Gasteiger charge is -2.21. The number of nitrogens with one attached hydrogen (secondary N) is 1. The van der Waals surface area contributed by atoms with Crippen LogP contribution in [0.2, 0.25) is 0 Å². The predicted molar refractivity (Wildman–Crippen MR) is 98.6 cm³/mol. The maximum Gasteiger partial charge on any atom is 0.226 e. The molecule has 0 aliphatic rings. The maximum atomic E-state index is 13.6. The van der Waals surface area contributed by atoms with E-state index < -0.39 is 17.5 Å². The van der Waals surface area contributed by atoms with Crippen molar-refractivity contribution in [3.63, 3.8) is 0 Å². The van der Waals surface area contributed by atoms with E-state index in [1.54, 1.807) is 12.0 Å². The number of halogens is 2. The number of rotatable bonds is 8. The summed E-state index contributed by atoms with van der Waals surface area (Å²) in [6.07, 6.45) is 0.583. The molecule has 0 saturated carbocycles. The SMILES string of the molecule is COc1ccccc1CCN(CCC(=O)Nc1ccc(F)cc1F)C(C)=O. The molecule has 2 aromatic carbocycles. The van der Waals surface area contributed by atoms with Crippen LogP contribution < -0.4 is 10.1 Å². The van der Waals surface area contributed by atoms with Gasteiger partial charge in [0.05, 0.1) is 12.8 Å². The van der Waals surface area contributed by atoms with Crippen molar-refractivity contribution in [3.8, 4) is 5.75 Å². The van der Waals surface area contributed by atoms with Crippen LogP contribution in [0.3, 0.4) is 0 Å². The zero-order valence-electron chi connectivity index (χ0n) is 15.3. The van der Waals surface area contributed by atoms with E-state index in [1.165, 1.54) is 6.92 Å². The van der Waals surface area contributed by atoms with Crippen LogP contribution in [0.25, 0.3) is 0 Å². The summed E-state index contributed by atoms with van der Waals surface area (Å²) in [5.74, 6) is -1.44. The highest BCUT2D eigenvalue weighted by Crippen LogP contribution is 2.18. The van der Waals surface area contributed by atoms with Gasteiger partial charge in [-0.2, -0.15) is 0 Å². The first kappa shape index (κ1) is 20.4. The van der Waals surface area contributed by atoms with Crippen molar-refractivity contribution >= 4 is 17.5 Å². The van der Waals surface area contributed by atoms with E-state index in [9.17, 15) is 18.4 Å². The van der Waals surface area contributed by atoms with Gasteiger partial charge in [-0.1, -0.05) is 18.2 Å². The average Bonchev–Trinajstić information content (AvgIpc) is 2.64. The van der Waals surface area contributed by atoms with Crippen LogP contribution >= 0.6 is 0 Å². The normalized spacial score (nSPS) is 10.4. The first-order valence-electron chi connectivity index (χ1n) is 8.53. The third-order valence-electron chi connectivity index (χ3n) is 4.10. The highest BCUT2D eigenvalue weighted by molar-refractivity contribution is 5.91. The lowest BCUT2D eigenvalue weighted by molar-refractivity contribution is -0.129. The number of hydrogen-bond acceptors (Lipinski definition) is 3. The van der Waals surface area contributed by atoms with Gasteiger partial charge in [-0.15, -0.1) is 0 Å². The predicted octanol–water partition coefficient (Wildman–Crippen LogP) is 3.39. The van der Waals surface area contributed by atoms with Crippen LogP contribution in [0.1, 0.15) is 18.9 Å². The summed E-state index contributed by atoms with van der Waals surface area (Å²) in [4.78, 5) is 25.4. The Kier molecular flexibility index (Phi) is 7.28. The number of carbonyl (C=O) groups excluding carboxylic acids is 2. The zero-order chi connectivity index (χ0) is 19.8. The first-order chi connectivity index (χ1) is 12.9. The average molecular weight is 376 g/mol. The molecule has 0 aliphatic carbocycles. The summed E-state index contributed by atoms with van der Waals surface area (Å²) in [7, 11) is 1.58. The molecule has 5 nitrogen and oxygen atoms in total. The minimum atomic E-state index is -0.844. The van der Waals surface area contributed by atoms with Crippen molar-refractivity contribution < 1.29 is 23.1 Å². The Morgan fingerprint density at radius 2 is 1.85 bits per heavy atom. The molecule has 0 heterocycles. The summed E-state index contributed by atoms with van der Waals surface area (Å²) in [5, 5.41) is 2.39. The van der Waals surface area contributed by atoms with Crippen molar-refractivity contribution in [1.29, 1.82) is 0 Å². The zero-order valence-corrected chi connectivity index (χ0v) is 15.3. The summed E-state index contributed by atoms with van der Waals surface area (Å²) in [6, 6.07) is 10.4. The molecule has 0 atom stereocenters. The highest BCUT2D eigenvalue weighted by atomic mass is 19.1. The molecule has 0 spiro atoms. The molecular weight excluding hydrogens is 354 g/mol. The molecule has 144 valence electrons. The molecule has 0 unspecified atom stereocenters. The van der Waals surface area contributed by atoms with Gasteiger partial charge >= 0.3 is 0 Å². The van der Waals surface area contributed by atoms with Gasteiger partial charge < -0.3 is 15.0 Å². The van der Waals surface area contributed by atoms with E-state index in [4.69, 9.17) is 4.74 Å². The van der Waals surface area contributed by atoms with Crippen molar-refractivity contribution in [2.24, 2.45) is 0 Å². The highest BCUT2D eigenvalue weighted by Gasteiger charge is 2.14. The molecule has 1 N–H and O–H groups in total. The Bertz CT molecular complexity index is 812. The maximum absolute atomic E-state index is 13.6. The number of anilines is 1. The van der Waals surface area contributed by atoms with Crippen LogP contribution in [-0.2, 0) is 16.0 Å². The van der Waals surface area contributed by atoms with E-state index in [0.29, 0.717) is 19.0 Å². The Labute approximate surface area is 156 Å². The van der Waals surface area contributed by atoms with Gasteiger partial charge in [0, 0.05) is 32.5 Å². The van der Waals surface area contributed by atoms with Gasteiger partial charge in [0.15, 0.2) is 0 Å². The number of hydrogen-bond donors (Lipinski definition) is 1. The molecule has 0 saturated heterocycles. The van der Waals surface area contributed by atoms with Crippen molar-refractivity contribution in [1.82, 2.24) is 4.90 Å². The number of para-hydroxylation sites is 1. The van der Waals surface area contributed by atoms with Crippen LogP contribution in [0.4, 0.5) is 14.5 Å². The third kappa shape index (κ3) is 6.06. The molecule has 0 radical (unpaired) electrons. The Morgan fingerprint density at radius 3 is 2.52 bits per heavy atom. The number of ether oxygens (including phenoxy) is 1. The lowest BCUT2D eigenvalue weighted by atomic mass is 10.1. The number of amides is 2. The standard InChI is InChI=1S/C20H22F2N2O3/c1-14(25)24(11-9-15-5-3-4-6-19(15)27-2)12-10-20(26)23-18-8-7-16(21)13-17(18)22/h3-8,13H,9-12H2,1-2H3,(H,23,26). The van der Waals surface area contributed by atoms with Crippen LogP contribution in [0, 0.1) is 11.6 Å². The molecule has 0 aliphatic heterocycles. The topological polar surface area (TPSA) is 58.6 Å². The summed E-state index contributed by atoms with van der Waals surface area (Å²) in [5.41, 5.74) is 0.869. The minimum Gasteiger partial charge on any atom is -0.496 e. The van der Waals surface area contributed by atoms with Crippen LogP contribution in [0.5, 0.6) is 5.75 Å². The molecular formula is C20H22F2N2O3. The smallest absolute Gasteiger partial charge is 0.226 e. The fourth-order valence-corrected chi connectivity index (χ4v) is 2.63. The van der Waals surface area contributed by atoms with Gasteiger partial charge in [0.25, 0.3) is 0 Å². The molecule has 0 bridgehead atoms. The lowest BCUT2D eigenvalue weighted by Crippen LogP contribution is -2.33. The number of benzene rings is 2. The largest absolute Gasteiger partial charge is 0.496 e. The molecule has 0 aromatic heterocycles. The van der Waals surface area contributed by atoms with E-state index >= 15 is 0 Å². The minimum absolute atomic E-state index is 0.00230. The Morgan fingerprint density at radius 1 is 1.11 bits per heavy atom. The van der Waals surface area contributed by atoms with E-state index in [-0.39, 0.29) is 24.6 Å². The fraction of sp³-hybridized carbons (Fsp3) is 0.300. The van der Waals surface area contributed by atoms with Gasteiger partial charge in [-0.25, -0.2) is 8.78 Å².